The van der Waals surface area contributed by atoms with Crippen LogP contribution >= 0.6 is 11.3 Å². The third kappa shape index (κ3) is 3.07. The number of esters is 1. The first-order chi connectivity index (χ1) is 11.6. The number of benzene rings is 1. The maximum atomic E-state index is 13.8. The number of hydrogen-bond donors (Lipinski definition) is 1. The van der Waals surface area contributed by atoms with Crippen molar-refractivity contribution < 1.29 is 23.1 Å². The van der Waals surface area contributed by atoms with Gasteiger partial charge in [0.15, 0.2) is 5.76 Å². The molecule has 2 heterocycles. The highest BCUT2D eigenvalue weighted by molar-refractivity contribution is 7.12. The Morgan fingerprint density at radius 1 is 1.17 bits per heavy atom. The summed E-state index contributed by atoms with van der Waals surface area (Å²) in [6.45, 7) is 0. The molecule has 0 aliphatic heterocycles. The maximum absolute atomic E-state index is 13.8. The smallest absolute Gasteiger partial charge is 0.350 e. The summed E-state index contributed by atoms with van der Waals surface area (Å²) in [5.74, 6) is -1.26. The van der Waals surface area contributed by atoms with Gasteiger partial charge in [0.25, 0.3) is 5.91 Å². The van der Waals surface area contributed by atoms with E-state index >= 15 is 0 Å². The van der Waals surface area contributed by atoms with Gasteiger partial charge in [0, 0.05) is 0 Å². The normalized spacial score (nSPS) is 10.4. The molecule has 5 nitrogen and oxygen atoms in total. The lowest BCUT2D eigenvalue weighted by atomic mass is 10.1. The number of thiophene rings is 1. The molecule has 24 heavy (non-hydrogen) atoms. The van der Waals surface area contributed by atoms with Gasteiger partial charge in [0.2, 0.25) is 0 Å². The Morgan fingerprint density at radius 2 is 1.96 bits per heavy atom. The van der Waals surface area contributed by atoms with Crippen molar-refractivity contribution in [1.29, 1.82) is 0 Å². The Balaban J connectivity index is 1.81. The first kappa shape index (κ1) is 15.9. The number of furan rings is 1. The van der Waals surface area contributed by atoms with Gasteiger partial charge < -0.3 is 14.5 Å². The van der Waals surface area contributed by atoms with Crippen LogP contribution in [0.15, 0.2) is 52.3 Å². The van der Waals surface area contributed by atoms with E-state index < -0.39 is 17.7 Å². The molecule has 2 aromatic heterocycles. The fraction of sp³-hybridized carbons (Fsp3) is 0.0588. The largest absolute Gasteiger partial charge is 0.465 e. The molecule has 0 radical (unpaired) electrons. The lowest BCUT2D eigenvalue weighted by molar-refractivity contribution is 0.0607. The molecular formula is C17H12FNO4S. The maximum Gasteiger partial charge on any atom is 0.350 e. The minimum Gasteiger partial charge on any atom is -0.465 e. The summed E-state index contributed by atoms with van der Waals surface area (Å²) in [5, 5.41) is 4.25. The topological polar surface area (TPSA) is 68.5 Å². The van der Waals surface area contributed by atoms with Crippen LogP contribution in [0.3, 0.4) is 0 Å². The van der Waals surface area contributed by atoms with E-state index in [-0.39, 0.29) is 22.0 Å². The Hall–Kier alpha value is -2.93. The lowest BCUT2D eigenvalue weighted by Gasteiger charge is -2.04. The summed E-state index contributed by atoms with van der Waals surface area (Å²) >= 11 is 1.15. The zero-order chi connectivity index (χ0) is 17.1. The predicted octanol–water partition coefficient (Wildman–Crippen LogP) is 4.19. The zero-order valence-corrected chi connectivity index (χ0v) is 13.4. The molecule has 3 aromatic rings. The Morgan fingerprint density at radius 3 is 2.71 bits per heavy atom. The number of halogens is 1. The number of ether oxygens (including phenoxy) is 1. The highest BCUT2D eigenvalue weighted by atomic mass is 32.1. The van der Waals surface area contributed by atoms with E-state index in [1.165, 1.54) is 25.3 Å². The molecule has 0 saturated carbocycles. The summed E-state index contributed by atoms with van der Waals surface area (Å²) in [6, 6.07) is 10.7. The summed E-state index contributed by atoms with van der Waals surface area (Å²) in [4.78, 5) is 24.2. The zero-order valence-electron chi connectivity index (χ0n) is 12.5. The molecule has 1 aromatic carbocycles. The molecule has 122 valence electrons. The highest BCUT2D eigenvalue weighted by Gasteiger charge is 2.19. The number of amides is 1. The van der Waals surface area contributed by atoms with E-state index in [0.29, 0.717) is 5.69 Å². The van der Waals surface area contributed by atoms with E-state index in [1.54, 1.807) is 29.6 Å². The molecule has 0 fully saturated rings. The molecular weight excluding hydrogens is 333 g/mol. The van der Waals surface area contributed by atoms with Crippen LogP contribution in [0.25, 0.3) is 11.3 Å². The van der Waals surface area contributed by atoms with Crippen molar-refractivity contribution in [3.05, 3.63) is 64.3 Å². The minimum absolute atomic E-state index is 0.00951. The number of carbonyl (C=O) groups excluding carboxylic acids is 2. The van der Waals surface area contributed by atoms with E-state index in [0.717, 1.165) is 11.3 Å². The average Bonchev–Trinajstić information content (AvgIpc) is 3.24. The summed E-state index contributed by atoms with van der Waals surface area (Å²) in [6.07, 6.45) is 0. The fourth-order valence-electron chi connectivity index (χ4n) is 2.11. The fourth-order valence-corrected chi connectivity index (χ4v) is 2.87. The van der Waals surface area contributed by atoms with Gasteiger partial charge in [-0.1, -0.05) is 12.1 Å². The van der Waals surface area contributed by atoms with Crippen LogP contribution < -0.4 is 5.32 Å². The minimum atomic E-state index is -0.541. The van der Waals surface area contributed by atoms with E-state index in [9.17, 15) is 14.0 Å². The summed E-state index contributed by atoms with van der Waals surface area (Å²) in [7, 11) is 1.26. The third-order valence-corrected chi connectivity index (χ3v) is 4.15. The standard InChI is InChI=1S/C17H12FNO4S/c1-22-17(21)15-12(8-9-24-15)19-16(20)14-7-6-13(23-14)10-4-2-3-5-11(10)18/h2-9H,1H3,(H,19,20). The van der Waals surface area contributed by atoms with Crippen molar-refractivity contribution in [1.82, 2.24) is 0 Å². The quantitative estimate of drug-likeness (QED) is 0.720. The molecule has 3 rings (SSSR count). The second kappa shape index (κ2) is 6.67. The van der Waals surface area contributed by atoms with Crippen LogP contribution in [0.4, 0.5) is 10.1 Å². The second-order valence-electron chi connectivity index (χ2n) is 4.75. The van der Waals surface area contributed by atoms with Crippen molar-refractivity contribution in [3.63, 3.8) is 0 Å². The Kier molecular flexibility index (Phi) is 4.43. The van der Waals surface area contributed by atoms with Gasteiger partial charge in [-0.05, 0) is 35.7 Å². The van der Waals surface area contributed by atoms with Crippen LogP contribution in [-0.4, -0.2) is 19.0 Å². The van der Waals surface area contributed by atoms with Gasteiger partial charge in [0.05, 0.1) is 18.4 Å². The van der Waals surface area contributed by atoms with Crippen LogP contribution in [0.1, 0.15) is 20.2 Å². The Bertz CT molecular complexity index is 899. The number of nitrogens with one attached hydrogen (secondary N) is 1. The van der Waals surface area contributed by atoms with Gasteiger partial charge in [-0.25, -0.2) is 9.18 Å². The van der Waals surface area contributed by atoms with Gasteiger partial charge in [-0.3, -0.25) is 4.79 Å². The molecule has 0 unspecified atom stereocenters. The van der Waals surface area contributed by atoms with Crippen molar-refractivity contribution in [2.24, 2.45) is 0 Å². The van der Waals surface area contributed by atoms with Crippen molar-refractivity contribution in [2.75, 3.05) is 12.4 Å². The lowest BCUT2D eigenvalue weighted by Crippen LogP contribution is -2.13. The molecule has 0 atom stereocenters. The summed E-state index contributed by atoms with van der Waals surface area (Å²) < 4.78 is 23.8. The molecule has 0 spiro atoms. The number of anilines is 1. The van der Waals surface area contributed by atoms with E-state index in [1.807, 2.05) is 0 Å². The van der Waals surface area contributed by atoms with Gasteiger partial charge in [0.1, 0.15) is 16.5 Å². The second-order valence-corrected chi connectivity index (χ2v) is 5.67. The first-order valence-corrected chi connectivity index (χ1v) is 7.80. The van der Waals surface area contributed by atoms with Crippen LogP contribution in [0, 0.1) is 5.82 Å². The number of carbonyl (C=O) groups is 2. The van der Waals surface area contributed by atoms with Crippen molar-refractivity contribution in [3.8, 4) is 11.3 Å². The van der Waals surface area contributed by atoms with Crippen LogP contribution in [-0.2, 0) is 4.74 Å². The van der Waals surface area contributed by atoms with Gasteiger partial charge in [-0.2, -0.15) is 0 Å². The van der Waals surface area contributed by atoms with Gasteiger partial charge >= 0.3 is 5.97 Å². The SMILES string of the molecule is COC(=O)c1sccc1NC(=O)c1ccc(-c2ccccc2F)o1. The predicted molar refractivity (Wildman–Crippen MR) is 87.7 cm³/mol. The summed E-state index contributed by atoms with van der Waals surface area (Å²) in [5.41, 5.74) is 0.600. The average molecular weight is 345 g/mol. The molecule has 0 aliphatic carbocycles. The monoisotopic (exact) mass is 345 g/mol. The van der Waals surface area contributed by atoms with E-state index in [2.05, 4.69) is 10.1 Å². The first-order valence-electron chi connectivity index (χ1n) is 6.92. The molecule has 0 saturated heterocycles. The molecule has 0 bridgehead atoms. The number of hydrogen-bond acceptors (Lipinski definition) is 5. The molecule has 7 heteroatoms. The third-order valence-electron chi connectivity index (χ3n) is 3.25. The van der Waals surface area contributed by atoms with Gasteiger partial charge in [-0.15, -0.1) is 11.3 Å². The molecule has 1 amide bonds. The van der Waals surface area contributed by atoms with E-state index in [4.69, 9.17) is 4.42 Å². The highest BCUT2D eigenvalue weighted by Crippen LogP contribution is 2.27. The van der Waals surface area contributed by atoms with Crippen LogP contribution in [0.5, 0.6) is 0 Å². The Labute approximate surface area is 140 Å². The van der Waals surface area contributed by atoms with Crippen molar-refractivity contribution in [2.45, 2.75) is 0 Å². The molecule has 0 aliphatic rings. The molecule has 1 N–H and O–H groups in total. The van der Waals surface area contributed by atoms with Crippen LogP contribution in [0.2, 0.25) is 0 Å². The number of methoxy groups -OCH3 is 1. The number of rotatable bonds is 4. The van der Waals surface area contributed by atoms with Crippen molar-refractivity contribution >= 4 is 28.9 Å².